The van der Waals surface area contributed by atoms with Crippen LogP contribution in [0, 0.1) is 0 Å². The van der Waals surface area contributed by atoms with Crippen LogP contribution < -0.4 is 0 Å². The highest BCUT2D eigenvalue weighted by molar-refractivity contribution is 8.03. The monoisotopic (exact) mass is 106 g/mol. The van der Waals surface area contributed by atoms with Gasteiger partial charge in [0.2, 0.25) is 0 Å². The van der Waals surface area contributed by atoms with Gasteiger partial charge in [-0.05, 0) is 0 Å². The van der Waals surface area contributed by atoms with Crippen molar-refractivity contribution in [2.24, 2.45) is 0 Å². The van der Waals surface area contributed by atoms with E-state index < -0.39 is 0 Å². The van der Waals surface area contributed by atoms with Crippen molar-refractivity contribution >= 4 is 24.4 Å². The second-order valence-electron chi connectivity index (χ2n) is 1.19. The second-order valence-corrected chi connectivity index (χ2v) is 3.00. The molecule has 1 heterocycles. The van der Waals surface area contributed by atoms with Gasteiger partial charge in [-0.3, -0.25) is 0 Å². The quantitative estimate of drug-likeness (QED) is 0.450. The Kier molecular flexibility index (Phi) is 1.11. The Bertz CT molecular complexity index is 31.9. The first kappa shape index (κ1) is 3.88. The second kappa shape index (κ2) is 1.43. The minimum absolute atomic E-state index is 0.722. The van der Waals surface area contributed by atoms with Crippen molar-refractivity contribution in [3.8, 4) is 0 Å². The summed E-state index contributed by atoms with van der Waals surface area (Å²) in [5.41, 5.74) is 0. The smallest absolute Gasteiger partial charge is 0.0198 e. The molecule has 1 aliphatic heterocycles. The van der Waals surface area contributed by atoms with Crippen LogP contribution in [0.2, 0.25) is 0 Å². The van der Waals surface area contributed by atoms with Gasteiger partial charge in [0, 0.05) is 16.8 Å². The summed E-state index contributed by atoms with van der Waals surface area (Å²) in [5, 5.41) is 0.722. The van der Waals surface area contributed by atoms with Crippen LogP contribution in [0.4, 0.5) is 0 Å². The summed E-state index contributed by atoms with van der Waals surface area (Å²) in [6, 6.07) is 0. The molecule has 30 valence electrons. The fraction of sp³-hybridized carbons (Fsp3) is 1.00. The fourth-order valence-electron chi connectivity index (χ4n) is 0.223. The number of hydrogen-bond acceptors (Lipinski definition) is 2. The average Bonchev–Trinajstić information content (AvgIpc) is 1.30. The Morgan fingerprint density at radius 3 is 2.00 bits per heavy atom. The first-order valence-corrected chi connectivity index (χ1v) is 3.32. The lowest BCUT2D eigenvalue weighted by atomic mass is 10.5. The van der Waals surface area contributed by atoms with Gasteiger partial charge < -0.3 is 0 Å². The summed E-state index contributed by atoms with van der Waals surface area (Å²) in [6.45, 7) is 0. The highest BCUT2D eigenvalue weighted by Crippen LogP contribution is 2.21. The van der Waals surface area contributed by atoms with Crippen molar-refractivity contribution in [3.05, 3.63) is 0 Å². The third-order valence-electron chi connectivity index (χ3n) is 0.620. The van der Waals surface area contributed by atoms with Gasteiger partial charge in [-0.15, -0.1) is 0 Å². The molecule has 0 radical (unpaired) electrons. The summed E-state index contributed by atoms with van der Waals surface area (Å²) in [6.07, 6.45) is 0. The number of thiol groups is 1. The first-order chi connectivity index (χ1) is 2.39. The van der Waals surface area contributed by atoms with Gasteiger partial charge in [0.15, 0.2) is 0 Å². The standard InChI is InChI=1S/C3H6S2/c4-3-1-5-2-3/h3-4H,1-2H2. The molecule has 0 aliphatic carbocycles. The zero-order chi connectivity index (χ0) is 3.70. The van der Waals surface area contributed by atoms with Crippen LogP contribution in [-0.2, 0) is 0 Å². The molecule has 1 aliphatic rings. The SMILES string of the molecule is SC1CSC1. The van der Waals surface area contributed by atoms with E-state index in [4.69, 9.17) is 0 Å². The van der Waals surface area contributed by atoms with Gasteiger partial charge >= 0.3 is 0 Å². The molecule has 0 atom stereocenters. The van der Waals surface area contributed by atoms with E-state index in [1.54, 1.807) is 0 Å². The van der Waals surface area contributed by atoms with Crippen molar-refractivity contribution < 1.29 is 0 Å². The summed E-state index contributed by atoms with van der Waals surface area (Å²) in [4.78, 5) is 0. The molecule has 2 heteroatoms. The molecule has 0 aromatic heterocycles. The van der Waals surface area contributed by atoms with Crippen LogP contribution in [0.1, 0.15) is 0 Å². The van der Waals surface area contributed by atoms with Crippen molar-refractivity contribution in [2.45, 2.75) is 5.25 Å². The van der Waals surface area contributed by atoms with E-state index in [0.29, 0.717) is 0 Å². The highest BCUT2D eigenvalue weighted by atomic mass is 32.2. The average molecular weight is 106 g/mol. The maximum absolute atomic E-state index is 4.16. The van der Waals surface area contributed by atoms with Crippen molar-refractivity contribution in [2.75, 3.05) is 11.5 Å². The van der Waals surface area contributed by atoms with Crippen LogP contribution >= 0.6 is 24.4 Å². The molecular formula is C3H6S2. The zero-order valence-electron chi connectivity index (χ0n) is 2.85. The van der Waals surface area contributed by atoms with Crippen LogP contribution in [-0.4, -0.2) is 16.8 Å². The summed E-state index contributed by atoms with van der Waals surface area (Å²) >= 11 is 6.13. The molecule has 5 heavy (non-hydrogen) atoms. The lowest BCUT2D eigenvalue weighted by Crippen LogP contribution is -2.16. The molecule has 0 saturated carbocycles. The van der Waals surface area contributed by atoms with Crippen molar-refractivity contribution in [3.63, 3.8) is 0 Å². The molecule has 0 unspecified atom stereocenters. The van der Waals surface area contributed by atoms with Gasteiger partial charge in [-0.1, -0.05) is 0 Å². The molecule has 0 N–H and O–H groups in total. The molecule has 0 amide bonds. The first-order valence-electron chi connectivity index (χ1n) is 1.65. The fourth-order valence-corrected chi connectivity index (χ4v) is 1.30. The molecule has 0 bridgehead atoms. The predicted octanol–water partition coefficient (Wildman–Crippen LogP) is 1.03. The van der Waals surface area contributed by atoms with Crippen molar-refractivity contribution in [1.82, 2.24) is 0 Å². The van der Waals surface area contributed by atoms with Gasteiger partial charge in [0.05, 0.1) is 0 Å². The van der Waals surface area contributed by atoms with Gasteiger partial charge in [-0.2, -0.15) is 24.4 Å². The predicted molar refractivity (Wildman–Crippen MR) is 30.1 cm³/mol. The number of rotatable bonds is 0. The largest absolute Gasteiger partial charge is 0.174 e. The summed E-state index contributed by atoms with van der Waals surface area (Å²) in [5.74, 6) is 2.53. The van der Waals surface area contributed by atoms with Gasteiger partial charge in [0.1, 0.15) is 0 Å². The van der Waals surface area contributed by atoms with E-state index in [-0.39, 0.29) is 0 Å². The van der Waals surface area contributed by atoms with E-state index in [9.17, 15) is 0 Å². The Morgan fingerprint density at radius 2 is 2.00 bits per heavy atom. The third-order valence-corrected chi connectivity index (χ3v) is 2.76. The molecule has 0 nitrogen and oxygen atoms in total. The minimum Gasteiger partial charge on any atom is -0.174 e. The van der Waals surface area contributed by atoms with Crippen LogP contribution in [0.15, 0.2) is 0 Å². The number of hydrogen-bond donors (Lipinski definition) is 1. The van der Waals surface area contributed by atoms with Gasteiger partial charge in [0.25, 0.3) is 0 Å². The Balaban J connectivity index is 2.08. The minimum atomic E-state index is 0.722. The molecule has 0 aromatic carbocycles. The third kappa shape index (κ3) is 0.763. The molecule has 0 aromatic rings. The molecule has 1 rings (SSSR count). The van der Waals surface area contributed by atoms with Gasteiger partial charge in [-0.25, -0.2) is 0 Å². The van der Waals surface area contributed by atoms with Crippen LogP contribution in [0.25, 0.3) is 0 Å². The molecule has 1 saturated heterocycles. The van der Waals surface area contributed by atoms with Crippen molar-refractivity contribution in [1.29, 1.82) is 0 Å². The summed E-state index contributed by atoms with van der Waals surface area (Å²) < 4.78 is 0. The van der Waals surface area contributed by atoms with E-state index >= 15 is 0 Å². The van der Waals surface area contributed by atoms with E-state index in [0.717, 1.165) is 5.25 Å². The molecule has 1 fully saturated rings. The lowest BCUT2D eigenvalue weighted by molar-refractivity contribution is 1.10. The highest BCUT2D eigenvalue weighted by Gasteiger charge is 2.11. The topological polar surface area (TPSA) is 0 Å². The Labute approximate surface area is 41.7 Å². The van der Waals surface area contributed by atoms with E-state index in [2.05, 4.69) is 12.6 Å². The van der Waals surface area contributed by atoms with E-state index in [1.165, 1.54) is 11.5 Å². The Hall–Kier alpha value is 0.700. The summed E-state index contributed by atoms with van der Waals surface area (Å²) in [7, 11) is 0. The Morgan fingerprint density at radius 1 is 1.60 bits per heavy atom. The van der Waals surface area contributed by atoms with Crippen LogP contribution in [0.5, 0.6) is 0 Å². The maximum atomic E-state index is 4.16. The van der Waals surface area contributed by atoms with E-state index in [1.807, 2.05) is 11.8 Å². The molecular weight excluding hydrogens is 100 g/mol. The maximum Gasteiger partial charge on any atom is 0.0198 e. The number of thioether (sulfide) groups is 1. The normalized spacial score (nSPS) is 25.8. The molecule has 0 spiro atoms. The zero-order valence-corrected chi connectivity index (χ0v) is 4.56. The van der Waals surface area contributed by atoms with Crippen LogP contribution in [0.3, 0.4) is 0 Å². The lowest BCUT2D eigenvalue weighted by Gasteiger charge is -2.17.